The predicted octanol–water partition coefficient (Wildman–Crippen LogP) is 2.73. The molecule has 0 saturated heterocycles. The van der Waals surface area contributed by atoms with Crippen molar-refractivity contribution in [2.45, 2.75) is 26.4 Å². The molecule has 0 atom stereocenters. The van der Waals surface area contributed by atoms with E-state index in [2.05, 4.69) is 15.5 Å². The average molecular weight is 332 g/mol. The first-order valence-corrected chi connectivity index (χ1v) is 7.98. The van der Waals surface area contributed by atoms with E-state index in [1.807, 2.05) is 29.8 Å². The van der Waals surface area contributed by atoms with Gasteiger partial charge in [-0.25, -0.2) is 0 Å². The lowest BCUT2D eigenvalue weighted by Gasteiger charge is -2.05. The maximum atomic E-state index is 12.0. The Labute approximate surface area is 139 Å². The molecule has 0 spiro atoms. The van der Waals surface area contributed by atoms with Crippen LogP contribution in [0.1, 0.15) is 23.8 Å². The fourth-order valence-electron chi connectivity index (χ4n) is 2.43. The van der Waals surface area contributed by atoms with E-state index >= 15 is 0 Å². The number of carbonyl (C=O) groups is 1. The molecule has 0 saturated carbocycles. The summed E-state index contributed by atoms with van der Waals surface area (Å²) in [6, 6.07) is 7.48. The van der Waals surface area contributed by atoms with Gasteiger partial charge < -0.3 is 5.32 Å². The zero-order valence-corrected chi connectivity index (χ0v) is 13.6. The van der Waals surface area contributed by atoms with E-state index in [0.29, 0.717) is 23.8 Å². The first kappa shape index (κ1) is 15.6. The topological polar surface area (TPSA) is 64.7 Å². The van der Waals surface area contributed by atoms with Crippen molar-refractivity contribution in [3.63, 3.8) is 0 Å². The van der Waals surface area contributed by atoms with Crippen LogP contribution in [0.2, 0.25) is 5.02 Å². The van der Waals surface area contributed by atoms with Crippen LogP contribution >= 0.6 is 11.6 Å². The van der Waals surface area contributed by atoms with Gasteiger partial charge in [0.05, 0.1) is 16.7 Å². The third-order valence-corrected chi connectivity index (χ3v) is 3.99. The molecule has 0 unspecified atom stereocenters. The van der Waals surface area contributed by atoms with Crippen molar-refractivity contribution in [1.82, 2.24) is 24.9 Å². The summed E-state index contributed by atoms with van der Waals surface area (Å²) in [4.78, 5) is 12.0. The summed E-state index contributed by atoms with van der Waals surface area (Å²) < 4.78 is 3.63. The van der Waals surface area contributed by atoms with Gasteiger partial charge in [-0.15, -0.1) is 0 Å². The van der Waals surface area contributed by atoms with Crippen molar-refractivity contribution in [1.29, 1.82) is 0 Å². The van der Waals surface area contributed by atoms with Crippen molar-refractivity contribution in [3.05, 3.63) is 47.4 Å². The minimum atomic E-state index is -0.148. The monoisotopic (exact) mass is 331 g/mol. The number of benzene rings is 1. The van der Waals surface area contributed by atoms with Crippen LogP contribution in [0.25, 0.3) is 10.9 Å². The molecular weight excluding hydrogens is 314 g/mol. The van der Waals surface area contributed by atoms with E-state index in [4.69, 9.17) is 11.6 Å². The summed E-state index contributed by atoms with van der Waals surface area (Å²) in [6.45, 7) is 4.02. The van der Waals surface area contributed by atoms with E-state index in [9.17, 15) is 4.79 Å². The molecule has 1 aromatic carbocycles. The van der Waals surface area contributed by atoms with Crippen LogP contribution in [0.15, 0.2) is 36.7 Å². The molecule has 0 fully saturated rings. The van der Waals surface area contributed by atoms with Gasteiger partial charge in [0.25, 0.3) is 5.91 Å². The van der Waals surface area contributed by atoms with Crippen molar-refractivity contribution >= 4 is 28.4 Å². The molecule has 2 heterocycles. The highest BCUT2D eigenvalue weighted by atomic mass is 35.5. The number of carbonyl (C=O) groups excluding carboxylic acids is 1. The molecule has 23 heavy (non-hydrogen) atoms. The van der Waals surface area contributed by atoms with Crippen LogP contribution in [0.4, 0.5) is 0 Å². The SMILES string of the molecule is CCn1ccc(C(=O)NCCCn2ncc3c(Cl)cccc32)n1. The highest BCUT2D eigenvalue weighted by Gasteiger charge is 2.09. The molecule has 6 nitrogen and oxygen atoms in total. The number of fused-ring (bicyclic) bond motifs is 1. The Hall–Kier alpha value is -2.34. The molecule has 0 radical (unpaired) electrons. The van der Waals surface area contributed by atoms with Crippen LogP contribution in [0.3, 0.4) is 0 Å². The smallest absolute Gasteiger partial charge is 0.271 e. The number of nitrogens with one attached hydrogen (secondary N) is 1. The Kier molecular flexibility index (Phi) is 4.62. The molecule has 0 aliphatic carbocycles. The van der Waals surface area contributed by atoms with E-state index in [0.717, 1.165) is 23.9 Å². The van der Waals surface area contributed by atoms with Crippen molar-refractivity contribution in [3.8, 4) is 0 Å². The van der Waals surface area contributed by atoms with E-state index < -0.39 is 0 Å². The molecule has 3 aromatic rings. The summed E-state index contributed by atoms with van der Waals surface area (Å²) in [5.41, 5.74) is 1.45. The molecular formula is C16H18ClN5O. The Balaban J connectivity index is 1.53. The number of nitrogens with zero attached hydrogens (tertiary/aromatic N) is 4. The first-order valence-electron chi connectivity index (χ1n) is 7.60. The first-order chi connectivity index (χ1) is 11.2. The van der Waals surface area contributed by atoms with Crippen molar-refractivity contribution in [2.75, 3.05) is 6.54 Å². The van der Waals surface area contributed by atoms with E-state index in [1.54, 1.807) is 23.1 Å². The van der Waals surface area contributed by atoms with Gasteiger partial charge in [0.2, 0.25) is 0 Å². The second-order valence-corrected chi connectivity index (χ2v) is 5.61. The Bertz CT molecular complexity index is 823. The van der Waals surface area contributed by atoms with E-state index in [-0.39, 0.29) is 5.91 Å². The van der Waals surface area contributed by atoms with Gasteiger partial charge in [0.15, 0.2) is 0 Å². The number of hydrogen-bond donors (Lipinski definition) is 1. The van der Waals surface area contributed by atoms with Crippen LogP contribution < -0.4 is 5.32 Å². The fourth-order valence-corrected chi connectivity index (χ4v) is 2.64. The second kappa shape index (κ2) is 6.83. The standard InChI is InChI=1S/C16H18ClN5O/c1-2-21-10-7-14(20-21)16(23)18-8-4-9-22-15-6-3-5-13(17)12(15)11-19-22/h3,5-7,10-11H,2,4,8-9H2,1H3,(H,18,23). The number of aryl methyl sites for hydroxylation is 2. The highest BCUT2D eigenvalue weighted by Crippen LogP contribution is 2.22. The zero-order chi connectivity index (χ0) is 16.2. The van der Waals surface area contributed by atoms with Crippen molar-refractivity contribution in [2.24, 2.45) is 0 Å². The molecule has 0 aliphatic heterocycles. The van der Waals surface area contributed by atoms with Crippen LogP contribution in [0, 0.1) is 0 Å². The maximum Gasteiger partial charge on any atom is 0.271 e. The average Bonchev–Trinajstić information content (AvgIpc) is 3.19. The second-order valence-electron chi connectivity index (χ2n) is 5.21. The molecule has 1 N–H and O–H groups in total. The lowest BCUT2D eigenvalue weighted by Crippen LogP contribution is -2.26. The number of rotatable bonds is 6. The van der Waals surface area contributed by atoms with Crippen LogP contribution in [-0.2, 0) is 13.1 Å². The van der Waals surface area contributed by atoms with Gasteiger partial charge in [-0.2, -0.15) is 10.2 Å². The molecule has 3 rings (SSSR count). The largest absolute Gasteiger partial charge is 0.351 e. The quantitative estimate of drug-likeness (QED) is 0.706. The predicted molar refractivity (Wildman–Crippen MR) is 89.6 cm³/mol. The van der Waals surface area contributed by atoms with Gasteiger partial charge in [0, 0.05) is 31.2 Å². The normalized spacial score (nSPS) is 11.0. The number of halogens is 1. The number of aromatic nitrogens is 4. The fraction of sp³-hybridized carbons (Fsp3) is 0.312. The van der Waals surface area contributed by atoms with Crippen LogP contribution in [-0.4, -0.2) is 32.0 Å². The van der Waals surface area contributed by atoms with Gasteiger partial charge in [0.1, 0.15) is 5.69 Å². The Morgan fingerprint density at radius 2 is 2.22 bits per heavy atom. The van der Waals surface area contributed by atoms with Gasteiger partial charge in [-0.05, 0) is 31.5 Å². The lowest BCUT2D eigenvalue weighted by atomic mass is 10.2. The molecule has 0 bridgehead atoms. The number of amides is 1. The molecule has 1 amide bonds. The lowest BCUT2D eigenvalue weighted by molar-refractivity contribution is 0.0947. The van der Waals surface area contributed by atoms with Gasteiger partial charge >= 0.3 is 0 Å². The zero-order valence-electron chi connectivity index (χ0n) is 12.9. The summed E-state index contributed by atoms with van der Waals surface area (Å²) in [7, 11) is 0. The van der Waals surface area contributed by atoms with Gasteiger partial charge in [-0.3, -0.25) is 14.2 Å². The summed E-state index contributed by atoms with van der Waals surface area (Å²) in [5, 5.41) is 13.1. The Morgan fingerprint density at radius 1 is 1.35 bits per heavy atom. The van der Waals surface area contributed by atoms with Crippen molar-refractivity contribution < 1.29 is 4.79 Å². The maximum absolute atomic E-state index is 12.0. The van der Waals surface area contributed by atoms with Gasteiger partial charge in [-0.1, -0.05) is 17.7 Å². The van der Waals surface area contributed by atoms with E-state index in [1.165, 1.54) is 0 Å². The minimum Gasteiger partial charge on any atom is -0.351 e. The third-order valence-electron chi connectivity index (χ3n) is 3.66. The summed E-state index contributed by atoms with van der Waals surface area (Å²) in [6.07, 6.45) is 4.35. The molecule has 120 valence electrons. The van der Waals surface area contributed by atoms with Crippen LogP contribution in [0.5, 0.6) is 0 Å². The highest BCUT2D eigenvalue weighted by molar-refractivity contribution is 6.35. The molecule has 0 aliphatic rings. The Morgan fingerprint density at radius 3 is 3.00 bits per heavy atom. The summed E-state index contributed by atoms with van der Waals surface area (Å²) in [5.74, 6) is -0.148. The molecule has 2 aromatic heterocycles. The number of hydrogen-bond acceptors (Lipinski definition) is 3. The minimum absolute atomic E-state index is 0.148. The summed E-state index contributed by atoms with van der Waals surface area (Å²) >= 11 is 6.14. The molecule has 7 heteroatoms. The third kappa shape index (κ3) is 3.37.